The van der Waals surface area contributed by atoms with Crippen molar-refractivity contribution >= 4 is 22.7 Å². The Balaban J connectivity index is 1.78. The average Bonchev–Trinajstić information content (AvgIpc) is 3.19. The van der Waals surface area contributed by atoms with E-state index >= 15 is 0 Å². The summed E-state index contributed by atoms with van der Waals surface area (Å²) in [6.07, 6.45) is 3.35. The summed E-state index contributed by atoms with van der Waals surface area (Å²) in [6.45, 7) is 0. The maximum atomic E-state index is 13.4. The average molecular weight is 441 g/mol. The monoisotopic (exact) mass is 440 g/mol. The van der Waals surface area contributed by atoms with E-state index in [4.69, 9.17) is 10.1 Å². The number of primary sulfonamides is 1. The van der Waals surface area contributed by atoms with Crippen molar-refractivity contribution in [2.24, 2.45) is 5.14 Å². The fourth-order valence-corrected chi connectivity index (χ4v) is 3.87. The van der Waals surface area contributed by atoms with Crippen molar-refractivity contribution in [3.05, 3.63) is 90.3 Å². The lowest BCUT2D eigenvalue weighted by molar-refractivity contribution is 0.597. The van der Waals surface area contributed by atoms with Crippen LogP contribution < -0.4 is 5.14 Å². The molecule has 0 amide bonds. The second-order valence-electron chi connectivity index (χ2n) is 6.61. The van der Waals surface area contributed by atoms with Gasteiger partial charge in [-0.2, -0.15) is 12.6 Å². The van der Waals surface area contributed by atoms with E-state index in [1.165, 1.54) is 24.3 Å². The van der Waals surface area contributed by atoms with Gasteiger partial charge in [0.1, 0.15) is 11.6 Å². The van der Waals surface area contributed by atoms with Gasteiger partial charge in [-0.25, -0.2) is 22.9 Å². The molecule has 0 saturated heterocycles. The van der Waals surface area contributed by atoms with Crippen LogP contribution in [0.4, 0.5) is 4.39 Å². The number of nitrogens with two attached hydrogens (primary N) is 1. The predicted molar refractivity (Wildman–Crippen MR) is 116 cm³/mol. The van der Waals surface area contributed by atoms with Crippen LogP contribution >= 0.6 is 12.6 Å². The lowest BCUT2D eigenvalue weighted by Crippen LogP contribution is -2.12. The molecule has 2 aromatic carbocycles. The van der Waals surface area contributed by atoms with Crippen molar-refractivity contribution in [1.82, 2.24) is 15.0 Å². The minimum atomic E-state index is -3.77. The first-order valence-electron chi connectivity index (χ1n) is 8.90. The van der Waals surface area contributed by atoms with Gasteiger partial charge in [0, 0.05) is 23.5 Å². The Morgan fingerprint density at radius 1 is 0.933 bits per heavy atom. The number of pyridine rings is 1. The molecule has 9 heteroatoms. The first-order valence-corrected chi connectivity index (χ1v) is 11.0. The fourth-order valence-electron chi connectivity index (χ4n) is 3.06. The SMILES string of the molecule is NS(=O)(=O)c1ccc(C(S)c2nc(-c3ccc(F)cc3)c(-c3ccncc3)[nH]2)cc1. The number of halogens is 1. The molecule has 0 aliphatic carbocycles. The maximum absolute atomic E-state index is 13.4. The molecule has 4 rings (SSSR count). The van der Waals surface area contributed by atoms with E-state index in [1.807, 2.05) is 12.1 Å². The Hall–Kier alpha value is -3.01. The number of rotatable bonds is 5. The van der Waals surface area contributed by atoms with Crippen LogP contribution in [0.15, 0.2) is 78.0 Å². The van der Waals surface area contributed by atoms with E-state index < -0.39 is 15.3 Å². The van der Waals surface area contributed by atoms with E-state index in [0.29, 0.717) is 11.5 Å². The highest BCUT2D eigenvalue weighted by molar-refractivity contribution is 7.89. The molecule has 4 aromatic rings. The van der Waals surface area contributed by atoms with Crippen molar-refractivity contribution in [3.8, 4) is 22.5 Å². The number of nitrogens with zero attached hydrogens (tertiary/aromatic N) is 2. The zero-order valence-electron chi connectivity index (χ0n) is 15.5. The first kappa shape index (κ1) is 20.3. The molecule has 1 atom stereocenters. The number of aromatic nitrogens is 3. The van der Waals surface area contributed by atoms with Crippen molar-refractivity contribution < 1.29 is 12.8 Å². The van der Waals surface area contributed by atoms with Gasteiger partial charge in [-0.1, -0.05) is 12.1 Å². The summed E-state index contributed by atoms with van der Waals surface area (Å²) in [4.78, 5) is 12.1. The Kier molecular flexibility index (Phi) is 5.42. The van der Waals surface area contributed by atoms with E-state index in [1.54, 1.807) is 36.7 Å². The van der Waals surface area contributed by atoms with Crippen LogP contribution in [0.25, 0.3) is 22.5 Å². The fraction of sp³-hybridized carbons (Fsp3) is 0.0476. The largest absolute Gasteiger partial charge is 0.340 e. The number of benzene rings is 2. The Morgan fingerprint density at radius 2 is 1.57 bits per heavy atom. The third kappa shape index (κ3) is 4.13. The van der Waals surface area contributed by atoms with Crippen LogP contribution in [0.2, 0.25) is 0 Å². The highest BCUT2D eigenvalue weighted by Gasteiger charge is 2.20. The van der Waals surface area contributed by atoms with Gasteiger partial charge in [-0.3, -0.25) is 4.98 Å². The number of nitrogens with one attached hydrogen (secondary N) is 1. The molecule has 0 saturated carbocycles. The van der Waals surface area contributed by atoms with Crippen LogP contribution in [0.1, 0.15) is 16.6 Å². The number of hydrogen-bond acceptors (Lipinski definition) is 5. The van der Waals surface area contributed by atoms with Crippen LogP contribution in [-0.2, 0) is 10.0 Å². The molecule has 0 fully saturated rings. The molecular weight excluding hydrogens is 423 g/mol. The number of imidazole rings is 1. The van der Waals surface area contributed by atoms with Gasteiger partial charge in [-0.15, -0.1) is 0 Å². The second kappa shape index (κ2) is 8.02. The molecule has 0 spiro atoms. The van der Waals surface area contributed by atoms with Crippen molar-refractivity contribution in [3.63, 3.8) is 0 Å². The topological polar surface area (TPSA) is 102 Å². The van der Waals surface area contributed by atoms with Gasteiger partial charge >= 0.3 is 0 Å². The van der Waals surface area contributed by atoms with Crippen LogP contribution in [0.3, 0.4) is 0 Å². The molecule has 1 unspecified atom stereocenters. The summed E-state index contributed by atoms with van der Waals surface area (Å²) in [7, 11) is -3.77. The zero-order chi connectivity index (χ0) is 21.3. The molecular formula is C21H17FN4O2S2. The zero-order valence-corrected chi connectivity index (χ0v) is 17.2. The van der Waals surface area contributed by atoms with Crippen molar-refractivity contribution in [2.75, 3.05) is 0 Å². The highest BCUT2D eigenvalue weighted by Crippen LogP contribution is 2.35. The van der Waals surface area contributed by atoms with Crippen molar-refractivity contribution in [2.45, 2.75) is 10.1 Å². The molecule has 0 radical (unpaired) electrons. The van der Waals surface area contributed by atoms with E-state index in [2.05, 4.69) is 22.6 Å². The molecule has 30 heavy (non-hydrogen) atoms. The molecule has 6 nitrogen and oxygen atoms in total. The normalized spacial score (nSPS) is 12.6. The number of sulfonamides is 1. The number of aromatic amines is 1. The minimum Gasteiger partial charge on any atom is -0.340 e. The molecule has 0 bridgehead atoms. The van der Waals surface area contributed by atoms with Crippen LogP contribution in [0, 0.1) is 5.82 Å². The Morgan fingerprint density at radius 3 is 2.17 bits per heavy atom. The smallest absolute Gasteiger partial charge is 0.238 e. The maximum Gasteiger partial charge on any atom is 0.238 e. The molecule has 152 valence electrons. The summed E-state index contributed by atoms with van der Waals surface area (Å²) in [6, 6.07) is 15.9. The van der Waals surface area contributed by atoms with Gasteiger partial charge in [0.2, 0.25) is 10.0 Å². The molecule has 3 N–H and O–H groups in total. The lowest BCUT2D eigenvalue weighted by Gasteiger charge is -2.09. The standard InChI is InChI=1S/C21H17FN4O2S2/c22-16-5-1-13(2-6-16)18-19(14-9-11-24-12-10-14)26-21(25-18)20(29)15-3-7-17(8-4-15)30(23,27)28/h1-12,20,29H,(H,25,26)(H2,23,27,28). The molecule has 0 aliphatic rings. The number of H-pyrrole nitrogens is 1. The predicted octanol–water partition coefficient (Wildman–Crippen LogP) is 3.94. The number of hydrogen-bond donors (Lipinski definition) is 3. The Bertz CT molecular complexity index is 1270. The van der Waals surface area contributed by atoms with Crippen LogP contribution in [-0.4, -0.2) is 23.4 Å². The van der Waals surface area contributed by atoms with Crippen LogP contribution in [0.5, 0.6) is 0 Å². The van der Waals surface area contributed by atoms with Gasteiger partial charge < -0.3 is 4.98 Å². The molecule has 2 aromatic heterocycles. The van der Waals surface area contributed by atoms with Gasteiger partial charge in [0.15, 0.2) is 0 Å². The van der Waals surface area contributed by atoms with E-state index in [9.17, 15) is 12.8 Å². The summed E-state index contributed by atoms with van der Waals surface area (Å²) in [5.74, 6) is 0.231. The molecule has 0 aliphatic heterocycles. The summed E-state index contributed by atoms with van der Waals surface area (Å²) in [5, 5.41) is 4.71. The van der Waals surface area contributed by atoms with Gasteiger partial charge in [-0.05, 0) is 54.1 Å². The third-order valence-corrected chi connectivity index (χ3v) is 6.06. The summed E-state index contributed by atoms with van der Waals surface area (Å²) >= 11 is 4.67. The second-order valence-corrected chi connectivity index (χ2v) is 8.68. The first-order chi connectivity index (χ1) is 14.3. The summed E-state index contributed by atoms with van der Waals surface area (Å²) < 4.78 is 36.4. The quantitative estimate of drug-likeness (QED) is 0.409. The minimum absolute atomic E-state index is 0.0238. The highest BCUT2D eigenvalue weighted by atomic mass is 32.2. The Labute approximate surface area is 178 Å². The van der Waals surface area contributed by atoms with Gasteiger partial charge in [0.05, 0.1) is 21.5 Å². The third-order valence-electron chi connectivity index (χ3n) is 4.59. The summed E-state index contributed by atoms with van der Waals surface area (Å²) in [5.41, 5.74) is 3.76. The van der Waals surface area contributed by atoms with Gasteiger partial charge in [0.25, 0.3) is 0 Å². The van der Waals surface area contributed by atoms with Crippen molar-refractivity contribution in [1.29, 1.82) is 0 Å². The number of thiol groups is 1. The molecule has 2 heterocycles. The van der Waals surface area contributed by atoms with E-state index in [0.717, 1.165) is 22.4 Å². The van der Waals surface area contributed by atoms with E-state index in [-0.39, 0.29) is 10.7 Å². The lowest BCUT2D eigenvalue weighted by atomic mass is 10.1.